The number of hydrogen-bond donors (Lipinski definition) is 2. The van der Waals surface area contributed by atoms with Crippen LogP contribution in [0.4, 0.5) is 5.13 Å². The smallest absolute Gasteiger partial charge is 0.205 e. The molecule has 0 aromatic carbocycles. The molecular formula is C8H13N3O2S. The quantitative estimate of drug-likeness (QED) is 0.770. The molecule has 0 amide bonds. The van der Waals surface area contributed by atoms with Crippen molar-refractivity contribution in [3.8, 4) is 0 Å². The molecule has 1 saturated heterocycles. The lowest BCUT2D eigenvalue weighted by Gasteiger charge is -2.08. The molecule has 2 heterocycles. The second-order valence-corrected chi connectivity index (χ2v) is 4.24. The van der Waals surface area contributed by atoms with Crippen LogP contribution in [0, 0.1) is 0 Å². The molecule has 1 aliphatic rings. The average Bonchev–Trinajstić information content (AvgIpc) is 2.86. The molecule has 5 nitrogen and oxygen atoms in total. The van der Waals surface area contributed by atoms with Crippen molar-refractivity contribution in [1.29, 1.82) is 0 Å². The van der Waals surface area contributed by atoms with Crippen LogP contribution < -0.4 is 5.32 Å². The molecule has 2 N–H and O–H groups in total. The number of aliphatic hydroxyl groups excluding tert-OH is 1. The second kappa shape index (κ2) is 4.68. The number of ether oxygens (including phenoxy) is 1. The molecule has 1 fully saturated rings. The molecule has 1 atom stereocenters. The van der Waals surface area contributed by atoms with Gasteiger partial charge in [-0.1, -0.05) is 11.3 Å². The van der Waals surface area contributed by atoms with E-state index in [1.54, 1.807) is 0 Å². The highest BCUT2D eigenvalue weighted by Gasteiger charge is 2.15. The zero-order valence-electron chi connectivity index (χ0n) is 7.77. The van der Waals surface area contributed by atoms with Crippen LogP contribution in [-0.2, 0) is 11.3 Å². The first kappa shape index (κ1) is 9.82. The Morgan fingerprint density at radius 1 is 1.57 bits per heavy atom. The highest BCUT2D eigenvalue weighted by molar-refractivity contribution is 7.15. The number of aromatic nitrogens is 2. The van der Waals surface area contributed by atoms with Gasteiger partial charge in [0.15, 0.2) is 0 Å². The Labute approximate surface area is 86.1 Å². The van der Waals surface area contributed by atoms with Gasteiger partial charge >= 0.3 is 0 Å². The minimum absolute atomic E-state index is 0.0424. The monoisotopic (exact) mass is 215 g/mol. The Morgan fingerprint density at radius 2 is 2.50 bits per heavy atom. The summed E-state index contributed by atoms with van der Waals surface area (Å²) in [6.45, 7) is 1.60. The molecule has 1 aromatic rings. The first-order valence-electron chi connectivity index (χ1n) is 4.67. The molecule has 0 spiro atoms. The van der Waals surface area contributed by atoms with Crippen LogP contribution in [0.25, 0.3) is 0 Å². The number of hydrogen-bond acceptors (Lipinski definition) is 6. The van der Waals surface area contributed by atoms with E-state index in [1.165, 1.54) is 11.3 Å². The van der Waals surface area contributed by atoms with Crippen LogP contribution in [0.1, 0.15) is 17.8 Å². The van der Waals surface area contributed by atoms with Gasteiger partial charge in [-0.15, -0.1) is 10.2 Å². The van der Waals surface area contributed by atoms with Gasteiger partial charge in [-0.25, -0.2) is 0 Å². The van der Waals surface area contributed by atoms with Crippen molar-refractivity contribution >= 4 is 16.5 Å². The lowest BCUT2D eigenvalue weighted by atomic mass is 10.2. The first-order valence-corrected chi connectivity index (χ1v) is 5.49. The first-order chi connectivity index (χ1) is 6.88. The molecule has 78 valence electrons. The van der Waals surface area contributed by atoms with Gasteiger partial charge in [0.25, 0.3) is 0 Å². The molecule has 0 bridgehead atoms. The van der Waals surface area contributed by atoms with Gasteiger partial charge in [0.1, 0.15) is 5.01 Å². The molecule has 1 aliphatic heterocycles. The summed E-state index contributed by atoms with van der Waals surface area (Å²) in [5, 5.41) is 21.0. The predicted molar refractivity (Wildman–Crippen MR) is 53.3 cm³/mol. The minimum Gasteiger partial charge on any atom is -0.389 e. The summed E-state index contributed by atoms with van der Waals surface area (Å²) in [6, 6.07) is 0. The lowest BCUT2D eigenvalue weighted by molar-refractivity contribution is 0.120. The summed E-state index contributed by atoms with van der Waals surface area (Å²) in [4.78, 5) is 0. The van der Waals surface area contributed by atoms with Crippen LogP contribution in [0.2, 0.25) is 0 Å². The van der Waals surface area contributed by atoms with E-state index in [0.717, 1.165) is 31.1 Å². The molecule has 14 heavy (non-hydrogen) atoms. The predicted octanol–water partition coefficient (Wildman–Crippen LogP) is 0.621. The Morgan fingerprint density at radius 3 is 3.14 bits per heavy atom. The van der Waals surface area contributed by atoms with Crippen molar-refractivity contribution in [2.24, 2.45) is 0 Å². The minimum atomic E-state index is -0.0424. The lowest BCUT2D eigenvalue weighted by Crippen LogP contribution is -2.18. The SMILES string of the molecule is OCc1nnc(NCC2CCCO2)s1. The fourth-order valence-electron chi connectivity index (χ4n) is 1.40. The summed E-state index contributed by atoms with van der Waals surface area (Å²) in [5.74, 6) is 0. The van der Waals surface area contributed by atoms with E-state index >= 15 is 0 Å². The third-order valence-corrected chi connectivity index (χ3v) is 2.97. The normalized spacial score (nSPS) is 21.4. The topological polar surface area (TPSA) is 67.3 Å². The Hall–Kier alpha value is -0.720. The third-order valence-electron chi connectivity index (χ3n) is 2.11. The van der Waals surface area contributed by atoms with Crippen molar-refractivity contribution in [3.63, 3.8) is 0 Å². The van der Waals surface area contributed by atoms with Crippen molar-refractivity contribution in [1.82, 2.24) is 10.2 Å². The second-order valence-electron chi connectivity index (χ2n) is 3.17. The summed E-state index contributed by atoms with van der Waals surface area (Å²) in [6.07, 6.45) is 2.56. The number of aliphatic hydroxyl groups is 1. The van der Waals surface area contributed by atoms with E-state index in [4.69, 9.17) is 9.84 Å². The van der Waals surface area contributed by atoms with Crippen LogP contribution in [-0.4, -0.2) is 34.6 Å². The maximum atomic E-state index is 8.79. The molecule has 0 aliphatic carbocycles. The van der Waals surface area contributed by atoms with Gasteiger partial charge in [0, 0.05) is 13.2 Å². The largest absolute Gasteiger partial charge is 0.389 e. The average molecular weight is 215 g/mol. The van der Waals surface area contributed by atoms with Crippen LogP contribution >= 0.6 is 11.3 Å². The highest BCUT2D eigenvalue weighted by Crippen LogP contribution is 2.17. The van der Waals surface area contributed by atoms with Crippen molar-refractivity contribution in [2.45, 2.75) is 25.6 Å². The van der Waals surface area contributed by atoms with E-state index < -0.39 is 0 Å². The summed E-state index contributed by atoms with van der Waals surface area (Å²) < 4.78 is 5.45. The Bertz CT molecular complexity index is 286. The Kier molecular flexibility index (Phi) is 3.28. The van der Waals surface area contributed by atoms with Gasteiger partial charge < -0.3 is 15.2 Å². The molecule has 2 rings (SSSR count). The molecule has 0 radical (unpaired) electrons. The third kappa shape index (κ3) is 2.40. The van der Waals surface area contributed by atoms with E-state index in [0.29, 0.717) is 11.1 Å². The van der Waals surface area contributed by atoms with Gasteiger partial charge in [0.2, 0.25) is 5.13 Å². The molecule has 1 unspecified atom stereocenters. The summed E-state index contributed by atoms with van der Waals surface area (Å²) in [5.41, 5.74) is 0. The van der Waals surface area contributed by atoms with Gasteiger partial charge in [-0.05, 0) is 12.8 Å². The highest BCUT2D eigenvalue weighted by atomic mass is 32.1. The van der Waals surface area contributed by atoms with E-state index in [-0.39, 0.29) is 6.61 Å². The fraction of sp³-hybridized carbons (Fsp3) is 0.750. The summed E-state index contributed by atoms with van der Waals surface area (Å²) >= 11 is 1.38. The standard InChI is InChI=1S/C8H13N3O2S/c12-5-7-10-11-8(14-7)9-4-6-2-1-3-13-6/h6,12H,1-5H2,(H,9,11). The number of anilines is 1. The zero-order chi connectivity index (χ0) is 9.80. The molecule has 1 aromatic heterocycles. The summed E-state index contributed by atoms with van der Waals surface area (Å²) in [7, 11) is 0. The molecule has 0 saturated carbocycles. The van der Waals surface area contributed by atoms with E-state index in [9.17, 15) is 0 Å². The van der Waals surface area contributed by atoms with Crippen LogP contribution in [0.3, 0.4) is 0 Å². The molecular weight excluding hydrogens is 202 g/mol. The Balaban J connectivity index is 1.79. The van der Waals surface area contributed by atoms with Crippen molar-refractivity contribution < 1.29 is 9.84 Å². The number of rotatable bonds is 4. The maximum absolute atomic E-state index is 8.79. The number of nitrogens with one attached hydrogen (secondary N) is 1. The fourth-order valence-corrected chi connectivity index (χ4v) is 2.00. The van der Waals surface area contributed by atoms with Crippen molar-refractivity contribution in [2.75, 3.05) is 18.5 Å². The maximum Gasteiger partial charge on any atom is 0.205 e. The molecule has 6 heteroatoms. The number of nitrogens with zero attached hydrogens (tertiary/aromatic N) is 2. The van der Waals surface area contributed by atoms with Gasteiger partial charge in [-0.3, -0.25) is 0 Å². The zero-order valence-corrected chi connectivity index (χ0v) is 8.59. The van der Waals surface area contributed by atoms with Crippen LogP contribution in [0.5, 0.6) is 0 Å². The van der Waals surface area contributed by atoms with E-state index in [2.05, 4.69) is 15.5 Å². The van der Waals surface area contributed by atoms with Gasteiger partial charge in [-0.2, -0.15) is 0 Å². The van der Waals surface area contributed by atoms with Gasteiger partial charge in [0.05, 0.1) is 12.7 Å². The van der Waals surface area contributed by atoms with E-state index in [1.807, 2.05) is 0 Å². The van der Waals surface area contributed by atoms with Crippen molar-refractivity contribution in [3.05, 3.63) is 5.01 Å². The van der Waals surface area contributed by atoms with Crippen LogP contribution in [0.15, 0.2) is 0 Å².